The van der Waals surface area contributed by atoms with Crippen molar-refractivity contribution in [3.63, 3.8) is 0 Å². The highest BCUT2D eigenvalue weighted by Crippen LogP contribution is 2.17. The molecule has 0 aliphatic heterocycles. The monoisotopic (exact) mass is 922 g/mol. The maximum atomic E-state index is 12.1. The quantitative estimate of drug-likeness (QED) is 0.0242. The van der Waals surface area contributed by atoms with Crippen LogP contribution in [-0.4, -0.2) is 49.0 Å². The van der Waals surface area contributed by atoms with Crippen LogP contribution in [-0.2, 0) is 28.7 Å². The lowest BCUT2D eigenvalue weighted by atomic mass is 10.2. The molecule has 354 valence electrons. The maximum Gasteiger partial charge on any atom is 0.338 e. The minimum atomic E-state index is -0.785. The molecule has 0 atom stereocenters. The number of carbonyl (C=O) groups excluding carboxylic acids is 6. The second-order valence-electron chi connectivity index (χ2n) is 14.7. The van der Waals surface area contributed by atoms with Crippen LogP contribution in [0, 0.1) is 42.4 Å². The fraction of sp³-hybridized carbons (Fsp3) is 0.286. The number of aryl methyl sites for hydroxylation is 1. The lowest BCUT2D eigenvalue weighted by molar-refractivity contribution is -0.131. The Morgan fingerprint density at radius 1 is 0.441 bits per heavy atom. The van der Waals surface area contributed by atoms with E-state index in [1.54, 1.807) is 43.3 Å². The Morgan fingerprint density at radius 3 is 1.15 bits per heavy atom. The minimum absolute atomic E-state index is 0. The van der Waals surface area contributed by atoms with Gasteiger partial charge in [0.25, 0.3) is 0 Å². The highest BCUT2D eigenvalue weighted by atomic mass is 16.6. The van der Waals surface area contributed by atoms with Crippen LogP contribution < -0.4 is 18.9 Å². The van der Waals surface area contributed by atoms with Crippen molar-refractivity contribution >= 4 is 35.8 Å². The first-order valence-corrected chi connectivity index (χ1v) is 22.4. The van der Waals surface area contributed by atoms with Crippen LogP contribution in [0.5, 0.6) is 23.0 Å². The molecule has 4 aromatic carbocycles. The van der Waals surface area contributed by atoms with E-state index >= 15 is 0 Å². The summed E-state index contributed by atoms with van der Waals surface area (Å²) in [4.78, 5) is 71.9. The summed E-state index contributed by atoms with van der Waals surface area (Å²) >= 11 is 0. The van der Waals surface area contributed by atoms with Gasteiger partial charge in [-0.25, -0.2) is 28.8 Å². The van der Waals surface area contributed by atoms with Crippen molar-refractivity contribution in [2.24, 2.45) is 0 Å². The van der Waals surface area contributed by atoms with Crippen molar-refractivity contribution in [1.29, 1.82) is 0 Å². The summed E-state index contributed by atoms with van der Waals surface area (Å²) in [5.41, 5.74) is 2.48. The SMILES string of the molecule is CC#CC#CC#Cc1ccc(OC(=O)/C=C\C(=O)Oc2ccc(C)cc2)cc1.CCCCCCCOC(=O)c1ccc(OC(=O)/C=C\C(=O)Oc2ccc(C(=O)OCCCCCCC)cc2)cc1.[HH]. The first-order chi connectivity index (χ1) is 33.0. The average molecular weight is 923 g/mol. The molecule has 0 aromatic heterocycles. The molecule has 68 heavy (non-hydrogen) atoms. The second kappa shape index (κ2) is 32.5. The minimum Gasteiger partial charge on any atom is -0.462 e. The molecule has 0 saturated heterocycles. The third-order valence-electron chi connectivity index (χ3n) is 9.12. The number of esters is 6. The van der Waals surface area contributed by atoms with Gasteiger partial charge in [-0.3, -0.25) is 0 Å². The molecule has 0 spiro atoms. The summed E-state index contributed by atoms with van der Waals surface area (Å²) in [6.45, 7) is 8.66. The van der Waals surface area contributed by atoms with E-state index in [0.717, 1.165) is 86.8 Å². The molecular formula is C56H58O12. The van der Waals surface area contributed by atoms with Crippen LogP contribution in [0.1, 0.15) is 118 Å². The van der Waals surface area contributed by atoms with Gasteiger partial charge in [0, 0.05) is 31.3 Å². The smallest absolute Gasteiger partial charge is 0.338 e. The highest BCUT2D eigenvalue weighted by molar-refractivity contribution is 5.95. The Morgan fingerprint density at radius 2 is 0.779 bits per heavy atom. The van der Waals surface area contributed by atoms with Crippen LogP contribution in [0.4, 0.5) is 0 Å². The molecule has 4 rings (SSSR count). The molecule has 0 bridgehead atoms. The van der Waals surface area contributed by atoms with E-state index in [9.17, 15) is 28.8 Å². The Kier molecular flexibility index (Phi) is 25.9. The number of benzene rings is 4. The summed E-state index contributed by atoms with van der Waals surface area (Å²) in [5.74, 6) is 13.3. The van der Waals surface area contributed by atoms with E-state index in [0.29, 0.717) is 35.8 Å². The number of unbranched alkanes of at least 4 members (excludes halogenated alkanes) is 8. The Bertz CT molecular complexity index is 2420. The van der Waals surface area contributed by atoms with Gasteiger partial charge in [-0.15, -0.1) is 0 Å². The van der Waals surface area contributed by atoms with Gasteiger partial charge >= 0.3 is 35.8 Å². The van der Waals surface area contributed by atoms with Crippen LogP contribution in [0.25, 0.3) is 0 Å². The number of rotatable bonds is 22. The van der Waals surface area contributed by atoms with Crippen molar-refractivity contribution in [2.45, 2.75) is 91.9 Å². The largest absolute Gasteiger partial charge is 0.462 e. The molecule has 0 unspecified atom stereocenters. The van der Waals surface area contributed by atoms with Gasteiger partial charge in [0.1, 0.15) is 23.0 Å². The Balaban J connectivity index is 0.000000495. The zero-order chi connectivity index (χ0) is 49.2. The standard InChI is InChI=1S/C32H40O8.C24H16O4.H2/c1-3-5-7-9-11-23-37-31(35)25-13-17-27(18-14-25)39-29(33)21-22-30(34)40-28-19-15-26(16-20-28)32(36)38-24-12-10-8-6-4-2;1-3-4-5-6-7-8-20-11-15-22(16-12-20)28-24(26)18-17-23(25)27-21-13-9-19(2)10-14-21;/h13-22H,3-12,23-24H2,1-2H3;9-18H,1-2H3;1H/b22-21-;18-17-;. The van der Waals surface area contributed by atoms with Crippen LogP contribution in [0.15, 0.2) is 121 Å². The first kappa shape index (κ1) is 54.2. The highest BCUT2D eigenvalue weighted by Gasteiger charge is 2.11. The molecule has 0 saturated carbocycles. The van der Waals surface area contributed by atoms with Crippen molar-refractivity contribution in [3.8, 4) is 58.5 Å². The zero-order valence-electron chi connectivity index (χ0n) is 38.9. The fourth-order valence-corrected chi connectivity index (χ4v) is 5.54. The van der Waals surface area contributed by atoms with Gasteiger partial charge in [0.2, 0.25) is 0 Å². The van der Waals surface area contributed by atoms with Crippen LogP contribution in [0.3, 0.4) is 0 Å². The molecule has 0 N–H and O–H groups in total. The summed E-state index contributed by atoms with van der Waals surface area (Å²) in [6, 6.07) is 25.5. The Hall–Kier alpha value is -8.14. The predicted octanol–water partition coefficient (Wildman–Crippen LogP) is 10.7. The van der Waals surface area contributed by atoms with E-state index in [2.05, 4.69) is 49.4 Å². The van der Waals surface area contributed by atoms with Crippen LogP contribution in [0.2, 0.25) is 0 Å². The number of hydrogen-bond donors (Lipinski definition) is 0. The third-order valence-corrected chi connectivity index (χ3v) is 9.12. The first-order valence-electron chi connectivity index (χ1n) is 22.4. The molecular weight excluding hydrogens is 865 g/mol. The maximum absolute atomic E-state index is 12.1. The van der Waals surface area contributed by atoms with Crippen molar-refractivity contribution < 1.29 is 58.6 Å². The lowest BCUT2D eigenvalue weighted by Gasteiger charge is -2.06. The van der Waals surface area contributed by atoms with Crippen LogP contribution >= 0.6 is 0 Å². The molecule has 12 heteroatoms. The van der Waals surface area contributed by atoms with Gasteiger partial charge in [-0.2, -0.15) is 0 Å². The summed E-state index contributed by atoms with van der Waals surface area (Å²) in [5, 5.41) is 0. The molecule has 0 fully saturated rings. The van der Waals surface area contributed by atoms with E-state index in [4.69, 9.17) is 28.4 Å². The molecule has 12 nitrogen and oxygen atoms in total. The summed E-state index contributed by atoms with van der Waals surface area (Å²) in [6.07, 6.45) is 14.5. The number of ether oxygens (including phenoxy) is 6. The number of hydrogen-bond acceptors (Lipinski definition) is 12. The topological polar surface area (TPSA) is 158 Å². The molecule has 0 heterocycles. The molecule has 4 aromatic rings. The van der Waals surface area contributed by atoms with E-state index in [-0.39, 0.29) is 12.9 Å². The van der Waals surface area contributed by atoms with Gasteiger partial charge in [0.15, 0.2) is 0 Å². The Labute approximate surface area is 400 Å². The predicted molar refractivity (Wildman–Crippen MR) is 260 cm³/mol. The summed E-state index contributed by atoms with van der Waals surface area (Å²) in [7, 11) is 0. The van der Waals surface area contributed by atoms with Crippen molar-refractivity contribution in [2.75, 3.05) is 13.2 Å². The van der Waals surface area contributed by atoms with E-state index < -0.39 is 35.8 Å². The normalized spacial score (nSPS) is 10.1. The number of carbonyl (C=O) groups is 6. The molecule has 0 amide bonds. The van der Waals surface area contributed by atoms with Crippen molar-refractivity contribution in [3.05, 3.63) is 144 Å². The molecule has 0 aliphatic rings. The second-order valence-corrected chi connectivity index (χ2v) is 14.7. The van der Waals surface area contributed by atoms with E-state index in [1.807, 2.05) is 19.1 Å². The third kappa shape index (κ3) is 23.7. The van der Waals surface area contributed by atoms with Gasteiger partial charge < -0.3 is 28.4 Å². The molecule has 0 aliphatic carbocycles. The van der Waals surface area contributed by atoms with Crippen molar-refractivity contribution in [1.82, 2.24) is 0 Å². The zero-order valence-corrected chi connectivity index (χ0v) is 38.9. The van der Waals surface area contributed by atoms with Gasteiger partial charge in [-0.05, 0) is 135 Å². The van der Waals surface area contributed by atoms with E-state index in [1.165, 1.54) is 61.4 Å². The molecule has 0 radical (unpaired) electrons. The lowest BCUT2D eigenvalue weighted by Crippen LogP contribution is -2.09. The van der Waals surface area contributed by atoms with Gasteiger partial charge in [0.05, 0.1) is 24.3 Å². The average Bonchev–Trinajstić information content (AvgIpc) is 3.34. The van der Waals surface area contributed by atoms with Gasteiger partial charge in [-0.1, -0.05) is 94.8 Å². The summed E-state index contributed by atoms with van der Waals surface area (Å²) < 4.78 is 31.0. The fourth-order valence-electron chi connectivity index (χ4n) is 5.54.